The highest BCUT2D eigenvalue weighted by molar-refractivity contribution is 6.05. The molecule has 1 unspecified atom stereocenters. The number of hydrogen-bond acceptors (Lipinski definition) is 4. The molecule has 2 N–H and O–H groups in total. The van der Waals surface area contributed by atoms with Crippen LogP contribution >= 0.6 is 0 Å². The molecule has 9 heteroatoms. The Labute approximate surface area is 169 Å². The van der Waals surface area contributed by atoms with Crippen LogP contribution in [0.25, 0.3) is 0 Å². The van der Waals surface area contributed by atoms with Crippen LogP contribution in [-0.4, -0.2) is 12.3 Å². The zero-order valence-corrected chi connectivity index (χ0v) is 16.0. The van der Waals surface area contributed by atoms with Crippen molar-refractivity contribution in [3.8, 4) is 5.75 Å². The molecule has 0 saturated heterocycles. The summed E-state index contributed by atoms with van der Waals surface area (Å²) in [6.07, 6.45) is -3.39. The summed E-state index contributed by atoms with van der Waals surface area (Å²) < 4.78 is 59.8. The molecule has 0 fully saturated rings. The molecule has 0 aliphatic heterocycles. The minimum atomic E-state index is -4.75. The van der Waals surface area contributed by atoms with Gasteiger partial charge in [0.2, 0.25) is 0 Å². The number of anilines is 2. The maximum atomic E-state index is 14.1. The highest BCUT2D eigenvalue weighted by Crippen LogP contribution is 2.27. The van der Waals surface area contributed by atoms with Crippen LogP contribution in [0.3, 0.4) is 0 Å². The number of hydrogen-bond donors (Lipinski definition) is 2. The molecule has 3 aromatic rings. The van der Waals surface area contributed by atoms with E-state index in [9.17, 15) is 22.4 Å². The Morgan fingerprint density at radius 1 is 1.10 bits per heavy atom. The third-order valence-corrected chi connectivity index (χ3v) is 4.31. The van der Waals surface area contributed by atoms with Gasteiger partial charge >= 0.3 is 6.36 Å². The molecular formula is C21H18F4N2O3. The molecule has 1 heterocycles. The standard InChI is InChI=1S/C21H18F4N2O3/c1-12(14-3-6-16(7-4-14)30-21(23,24)25)26-15-5-8-18(22)19(11-15)27-20(28)17-9-10-29-13(17)2/h3-12,26H,1-2H3,(H,27,28). The van der Waals surface area contributed by atoms with Gasteiger partial charge in [-0.25, -0.2) is 4.39 Å². The van der Waals surface area contributed by atoms with E-state index < -0.39 is 18.1 Å². The third-order valence-electron chi connectivity index (χ3n) is 4.31. The molecule has 3 rings (SSSR count). The number of furan rings is 1. The number of carbonyl (C=O) groups is 1. The van der Waals surface area contributed by atoms with E-state index in [1.54, 1.807) is 13.8 Å². The van der Waals surface area contributed by atoms with Crippen molar-refractivity contribution in [3.63, 3.8) is 0 Å². The van der Waals surface area contributed by atoms with Crippen LogP contribution in [0.5, 0.6) is 5.75 Å². The molecule has 0 radical (unpaired) electrons. The van der Waals surface area contributed by atoms with Crippen molar-refractivity contribution >= 4 is 17.3 Å². The predicted molar refractivity (Wildman–Crippen MR) is 103 cm³/mol. The fraction of sp³-hybridized carbons (Fsp3) is 0.190. The largest absolute Gasteiger partial charge is 0.573 e. The number of benzene rings is 2. The van der Waals surface area contributed by atoms with E-state index in [0.717, 1.165) is 0 Å². The Morgan fingerprint density at radius 3 is 2.40 bits per heavy atom. The SMILES string of the molecule is Cc1occc1C(=O)Nc1cc(NC(C)c2ccc(OC(F)(F)F)cc2)ccc1F. The fourth-order valence-electron chi connectivity index (χ4n) is 2.81. The average molecular weight is 422 g/mol. The number of nitrogens with one attached hydrogen (secondary N) is 2. The molecule has 0 bridgehead atoms. The number of alkyl halides is 3. The second kappa shape index (κ2) is 8.48. The number of rotatable bonds is 6. The van der Waals surface area contributed by atoms with Gasteiger partial charge in [0.1, 0.15) is 17.3 Å². The van der Waals surface area contributed by atoms with E-state index in [0.29, 0.717) is 22.6 Å². The van der Waals surface area contributed by atoms with Crippen LogP contribution < -0.4 is 15.4 Å². The zero-order valence-electron chi connectivity index (χ0n) is 16.0. The van der Waals surface area contributed by atoms with Crippen molar-refractivity contribution < 1.29 is 31.5 Å². The lowest BCUT2D eigenvalue weighted by Gasteiger charge is -2.17. The van der Waals surface area contributed by atoms with Crippen molar-refractivity contribution in [3.05, 3.63) is 77.5 Å². The van der Waals surface area contributed by atoms with Gasteiger partial charge in [0.25, 0.3) is 5.91 Å². The monoisotopic (exact) mass is 422 g/mol. The Balaban J connectivity index is 1.70. The summed E-state index contributed by atoms with van der Waals surface area (Å²) in [5.74, 6) is -1.03. The van der Waals surface area contributed by atoms with E-state index in [1.165, 1.54) is 54.8 Å². The highest BCUT2D eigenvalue weighted by Gasteiger charge is 2.31. The van der Waals surface area contributed by atoms with Crippen LogP contribution in [0, 0.1) is 12.7 Å². The van der Waals surface area contributed by atoms with Crippen LogP contribution in [0.4, 0.5) is 28.9 Å². The lowest BCUT2D eigenvalue weighted by molar-refractivity contribution is -0.274. The van der Waals surface area contributed by atoms with Crippen molar-refractivity contribution in [1.29, 1.82) is 0 Å². The number of aryl methyl sites for hydroxylation is 1. The van der Waals surface area contributed by atoms with Gasteiger partial charge in [-0.1, -0.05) is 12.1 Å². The van der Waals surface area contributed by atoms with Gasteiger partial charge in [-0.15, -0.1) is 13.2 Å². The van der Waals surface area contributed by atoms with Gasteiger partial charge in [0.05, 0.1) is 17.5 Å². The first-order valence-corrected chi connectivity index (χ1v) is 8.89. The second-order valence-corrected chi connectivity index (χ2v) is 6.52. The first-order valence-electron chi connectivity index (χ1n) is 8.89. The van der Waals surface area contributed by atoms with Gasteiger partial charge in [-0.2, -0.15) is 0 Å². The fourth-order valence-corrected chi connectivity index (χ4v) is 2.81. The van der Waals surface area contributed by atoms with E-state index >= 15 is 0 Å². The van der Waals surface area contributed by atoms with E-state index in [2.05, 4.69) is 15.4 Å². The summed E-state index contributed by atoms with van der Waals surface area (Å²) in [6.45, 7) is 3.41. The number of carbonyl (C=O) groups excluding carboxylic acids is 1. The molecule has 158 valence electrons. The van der Waals surface area contributed by atoms with Crippen LogP contribution in [-0.2, 0) is 0 Å². The molecule has 5 nitrogen and oxygen atoms in total. The molecule has 30 heavy (non-hydrogen) atoms. The molecule has 0 spiro atoms. The number of halogens is 4. The van der Waals surface area contributed by atoms with Crippen LogP contribution in [0.1, 0.15) is 34.6 Å². The van der Waals surface area contributed by atoms with Gasteiger partial charge < -0.3 is 19.8 Å². The molecule has 1 amide bonds. The molecular weight excluding hydrogens is 404 g/mol. The topological polar surface area (TPSA) is 63.5 Å². The Hall–Kier alpha value is -3.49. The van der Waals surface area contributed by atoms with Crippen molar-refractivity contribution in [2.24, 2.45) is 0 Å². The highest BCUT2D eigenvalue weighted by atomic mass is 19.4. The van der Waals surface area contributed by atoms with Crippen molar-refractivity contribution in [1.82, 2.24) is 0 Å². The molecule has 0 saturated carbocycles. The van der Waals surface area contributed by atoms with Crippen molar-refractivity contribution in [2.75, 3.05) is 10.6 Å². The lowest BCUT2D eigenvalue weighted by Crippen LogP contribution is -2.17. The predicted octanol–water partition coefficient (Wildman–Crippen LogP) is 6.05. The molecule has 0 aliphatic carbocycles. The van der Waals surface area contributed by atoms with Gasteiger partial charge in [0, 0.05) is 11.7 Å². The lowest BCUT2D eigenvalue weighted by atomic mass is 10.1. The summed E-state index contributed by atoms with van der Waals surface area (Å²) in [5, 5.41) is 5.61. The van der Waals surface area contributed by atoms with Gasteiger partial charge in [0.15, 0.2) is 0 Å². The summed E-state index contributed by atoms with van der Waals surface area (Å²) in [6, 6.07) is 10.7. The average Bonchev–Trinajstić information content (AvgIpc) is 3.10. The summed E-state index contributed by atoms with van der Waals surface area (Å²) in [7, 11) is 0. The van der Waals surface area contributed by atoms with Gasteiger partial charge in [-0.3, -0.25) is 4.79 Å². The van der Waals surface area contributed by atoms with Crippen LogP contribution in [0.2, 0.25) is 0 Å². The van der Waals surface area contributed by atoms with Gasteiger partial charge in [-0.05, 0) is 55.8 Å². The summed E-state index contributed by atoms with van der Waals surface area (Å²) >= 11 is 0. The first-order chi connectivity index (χ1) is 14.1. The normalized spacial score (nSPS) is 12.3. The van der Waals surface area contributed by atoms with Crippen molar-refractivity contribution in [2.45, 2.75) is 26.3 Å². The number of ether oxygens (including phenoxy) is 1. The maximum Gasteiger partial charge on any atom is 0.573 e. The Bertz CT molecular complexity index is 1030. The Kier molecular flexibility index (Phi) is 6.00. The molecule has 1 atom stereocenters. The van der Waals surface area contributed by atoms with Crippen LogP contribution in [0.15, 0.2) is 59.2 Å². The Morgan fingerprint density at radius 2 is 1.80 bits per heavy atom. The molecule has 2 aromatic carbocycles. The quantitative estimate of drug-likeness (QED) is 0.475. The smallest absolute Gasteiger partial charge is 0.469 e. The maximum absolute atomic E-state index is 14.1. The minimum absolute atomic E-state index is 0.0216. The number of amides is 1. The first kappa shape index (κ1) is 21.2. The third kappa shape index (κ3) is 5.31. The van der Waals surface area contributed by atoms with E-state index in [1.807, 2.05) is 0 Å². The summed E-state index contributed by atoms with van der Waals surface area (Å²) in [4.78, 5) is 12.3. The molecule has 0 aliphatic rings. The second-order valence-electron chi connectivity index (χ2n) is 6.52. The van der Waals surface area contributed by atoms with E-state index in [-0.39, 0.29) is 17.5 Å². The minimum Gasteiger partial charge on any atom is -0.469 e. The van der Waals surface area contributed by atoms with E-state index in [4.69, 9.17) is 4.42 Å². The summed E-state index contributed by atoms with van der Waals surface area (Å²) in [5.41, 5.74) is 1.47. The molecule has 1 aromatic heterocycles. The zero-order chi connectivity index (χ0) is 21.9.